The fraction of sp³-hybridized carbons (Fsp3) is 0.333. The molecule has 2 aromatic rings. The molecule has 4 nitrogen and oxygen atoms in total. The Balaban J connectivity index is 1.37. The van der Waals surface area contributed by atoms with Gasteiger partial charge in [0.15, 0.2) is 0 Å². The molecule has 134 valence electrons. The first-order valence-electron chi connectivity index (χ1n) is 8.92. The summed E-state index contributed by atoms with van der Waals surface area (Å²) in [5.74, 6) is -0.0732. The van der Waals surface area contributed by atoms with Crippen molar-refractivity contribution >= 4 is 27.8 Å². The van der Waals surface area contributed by atoms with Gasteiger partial charge in [0.1, 0.15) is 5.60 Å². The van der Waals surface area contributed by atoms with Crippen molar-refractivity contribution < 1.29 is 14.3 Å². The zero-order valence-electron chi connectivity index (χ0n) is 14.4. The van der Waals surface area contributed by atoms with Gasteiger partial charge in [0, 0.05) is 42.4 Å². The van der Waals surface area contributed by atoms with Crippen LogP contribution in [0.1, 0.15) is 40.7 Å². The SMILES string of the molecule is O=C1OC2(CCN(C(=O)CCc3ccc(Br)cc3)CC2)c2ccccc21. The third-order valence-corrected chi connectivity index (χ3v) is 5.92. The predicted molar refractivity (Wildman–Crippen MR) is 102 cm³/mol. The number of nitrogens with zero attached hydrogens (tertiary/aromatic N) is 1. The molecule has 26 heavy (non-hydrogen) atoms. The summed E-state index contributed by atoms with van der Waals surface area (Å²) in [5, 5.41) is 0. The third kappa shape index (κ3) is 3.16. The molecule has 0 bridgehead atoms. The van der Waals surface area contributed by atoms with Crippen molar-refractivity contribution in [1.82, 2.24) is 4.90 Å². The average molecular weight is 414 g/mol. The minimum Gasteiger partial charge on any atom is -0.450 e. The molecule has 2 aliphatic heterocycles. The number of carbonyl (C=O) groups excluding carboxylic acids is 2. The van der Waals surface area contributed by atoms with Gasteiger partial charge in [0.05, 0.1) is 5.56 Å². The Morgan fingerprint density at radius 2 is 1.77 bits per heavy atom. The minimum absolute atomic E-state index is 0.167. The van der Waals surface area contributed by atoms with Gasteiger partial charge >= 0.3 is 5.97 Å². The number of carbonyl (C=O) groups is 2. The Hall–Kier alpha value is -2.14. The maximum atomic E-state index is 12.6. The number of aryl methyl sites for hydroxylation is 1. The van der Waals surface area contributed by atoms with Gasteiger partial charge in [-0.2, -0.15) is 0 Å². The molecule has 0 N–H and O–H groups in total. The molecular formula is C21H20BrNO3. The van der Waals surface area contributed by atoms with Gasteiger partial charge in [-0.3, -0.25) is 4.79 Å². The van der Waals surface area contributed by atoms with Crippen LogP contribution < -0.4 is 0 Å². The zero-order chi connectivity index (χ0) is 18.1. The Kier molecular flexibility index (Phi) is 4.57. The number of hydrogen-bond donors (Lipinski definition) is 0. The number of likely N-dealkylation sites (tertiary alicyclic amines) is 1. The first-order valence-corrected chi connectivity index (χ1v) is 9.72. The topological polar surface area (TPSA) is 46.6 Å². The highest BCUT2D eigenvalue weighted by atomic mass is 79.9. The van der Waals surface area contributed by atoms with Crippen molar-refractivity contribution in [3.05, 3.63) is 69.7 Å². The Morgan fingerprint density at radius 3 is 2.50 bits per heavy atom. The van der Waals surface area contributed by atoms with Crippen molar-refractivity contribution in [2.45, 2.75) is 31.3 Å². The van der Waals surface area contributed by atoms with E-state index in [4.69, 9.17) is 4.74 Å². The number of esters is 1. The molecule has 0 saturated carbocycles. The van der Waals surface area contributed by atoms with E-state index in [1.165, 1.54) is 0 Å². The molecule has 0 atom stereocenters. The second-order valence-corrected chi connectivity index (χ2v) is 7.85. The maximum Gasteiger partial charge on any atom is 0.339 e. The maximum absolute atomic E-state index is 12.6. The highest BCUT2D eigenvalue weighted by Crippen LogP contribution is 2.43. The molecule has 2 aromatic carbocycles. The van der Waals surface area contributed by atoms with Crippen molar-refractivity contribution in [1.29, 1.82) is 0 Å². The quantitative estimate of drug-likeness (QED) is 0.712. The lowest BCUT2D eigenvalue weighted by Gasteiger charge is -2.38. The second-order valence-electron chi connectivity index (χ2n) is 6.94. The van der Waals surface area contributed by atoms with Crippen LogP contribution in [0.15, 0.2) is 53.0 Å². The van der Waals surface area contributed by atoms with E-state index in [2.05, 4.69) is 15.9 Å². The van der Waals surface area contributed by atoms with Crippen LogP contribution in [0, 0.1) is 0 Å². The summed E-state index contributed by atoms with van der Waals surface area (Å²) in [6.07, 6.45) is 2.58. The molecular weight excluding hydrogens is 394 g/mol. The van der Waals surface area contributed by atoms with Gasteiger partial charge in [-0.25, -0.2) is 4.79 Å². The number of hydrogen-bond acceptors (Lipinski definition) is 3. The number of halogens is 1. The van der Waals surface area contributed by atoms with E-state index < -0.39 is 5.60 Å². The van der Waals surface area contributed by atoms with Crippen LogP contribution in [0.2, 0.25) is 0 Å². The van der Waals surface area contributed by atoms with E-state index in [9.17, 15) is 9.59 Å². The summed E-state index contributed by atoms with van der Waals surface area (Å²) in [4.78, 5) is 26.6. The van der Waals surface area contributed by atoms with Crippen molar-refractivity contribution in [3.8, 4) is 0 Å². The summed E-state index contributed by atoms with van der Waals surface area (Å²) in [7, 11) is 0. The van der Waals surface area contributed by atoms with Crippen LogP contribution in [0.5, 0.6) is 0 Å². The van der Waals surface area contributed by atoms with Gasteiger partial charge in [-0.15, -0.1) is 0 Å². The molecule has 0 aliphatic carbocycles. The van der Waals surface area contributed by atoms with Crippen LogP contribution >= 0.6 is 15.9 Å². The van der Waals surface area contributed by atoms with Crippen LogP contribution in [0.3, 0.4) is 0 Å². The fourth-order valence-corrected chi connectivity index (χ4v) is 4.16. The smallest absolute Gasteiger partial charge is 0.339 e. The Bertz CT molecular complexity index is 839. The van der Waals surface area contributed by atoms with Gasteiger partial charge < -0.3 is 9.64 Å². The van der Waals surface area contributed by atoms with E-state index in [1.54, 1.807) is 0 Å². The van der Waals surface area contributed by atoms with E-state index in [0.717, 1.165) is 22.0 Å². The molecule has 5 heteroatoms. The number of benzene rings is 2. The van der Waals surface area contributed by atoms with Gasteiger partial charge in [-0.05, 0) is 30.2 Å². The van der Waals surface area contributed by atoms with E-state index >= 15 is 0 Å². The standard InChI is InChI=1S/C21H20BrNO3/c22-16-8-5-15(6-9-16)7-10-19(24)23-13-11-21(12-14-23)18-4-2-1-3-17(18)20(25)26-21/h1-6,8-9H,7,10-14H2. The second kappa shape index (κ2) is 6.88. The van der Waals surface area contributed by atoms with Crippen LogP contribution in [0.4, 0.5) is 0 Å². The zero-order valence-corrected chi connectivity index (χ0v) is 16.0. The number of rotatable bonds is 3. The summed E-state index contributed by atoms with van der Waals surface area (Å²) in [6.45, 7) is 1.25. The largest absolute Gasteiger partial charge is 0.450 e. The molecule has 2 aliphatic rings. The summed E-state index contributed by atoms with van der Waals surface area (Å²) < 4.78 is 6.79. The number of amides is 1. The highest BCUT2D eigenvalue weighted by Gasteiger charge is 2.47. The Labute approximate surface area is 161 Å². The lowest BCUT2D eigenvalue weighted by Crippen LogP contribution is -2.45. The third-order valence-electron chi connectivity index (χ3n) is 5.39. The normalized spacial score (nSPS) is 17.9. The summed E-state index contributed by atoms with van der Waals surface area (Å²) in [5.41, 5.74) is 2.26. The average Bonchev–Trinajstić information content (AvgIpc) is 2.94. The Morgan fingerprint density at radius 1 is 1.08 bits per heavy atom. The van der Waals surface area contributed by atoms with E-state index in [1.807, 2.05) is 53.4 Å². The molecule has 1 fully saturated rings. The molecule has 2 heterocycles. The monoisotopic (exact) mass is 413 g/mol. The van der Waals surface area contributed by atoms with Crippen LogP contribution in [-0.2, 0) is 21.6 Å². The van der Waals surface area contributed by atoms with Gasteiger partial charge in [0.2, 0.25) is 5.91 Å². The number of ether oxygens (including phenoxy) is 1. The molecule has 1 spiro atoms. The molecule has 0 radical (unpaired) electrons. The first kappa shape index (κ1) is 17.3. The lowest BCUT2D eigenvalue weighted by molar-refractivity contribution is -0.135. The van der Waals surface area contributed by atoms with Crippen molar-refractivity contribution in [2.24, 2.45) is 0 Å². The van der Waals surface area contributed by atoms with Crippen LogP contribution in [0.25, 0.3) is 0 Å². The predicted octanol–water partition coefficient (Wildman–Crippen LogP) is 4.07. The fourth-order valence-electron chi connectivity index (χ4n) is 3.90. The minimum atomic E-state index is -0.545. The molecule has 1 amide bonds. The number of piperidine rings is 1. The molecule has 4 rings (SSSR count). The van der Waals surface area contributed by atoms with E-state index in [0.29, 0.717) is 37.9 Å². The summed E-state index contributed by atoms with van der Waals surface area (Å²) >= 11 is 3.42. The lowest BCUT2D eigenvalue weighted by atomic mass is 9.83. The first-order chi connectivity index (χ1) is 12.6. The van der Waals surface area contributed by atoms with Crippen molar-refractivity contribution in [2.75, 3.05) is 13.1 Å². The highest BCUT2D eigenvalue weighted by molar-refractivity contribution is 9.10. The molecule has 1 saturated heterocycles. The van der Waals surface area contributed by atoms with Crippen molar-refractivity contribution in [3.63, 3.8) is 0 Å². The van der Waals surface area contributed by atoms with Crippen LogP contribution in [-0.4, -0.2) is 29.9 Å². The van der Waals surface area contributed by atoms with Gasteiger partial charge in [0.25, 0.3) is 0 Å². The van der Waals surface area contributed by atoms with Gasteiger partial charge in [-0.1, -0.05) is 46.3 Å². The van der Waals surface area contributed by atoms with E-state index in [-0.39, 0.29) is 11.9 Å². The number of fused-ring (bicyclic) bond motifs is 2. The molecule has 0 unspecified atom stereocenters. The molecule has 0 aromatic heterocycles. The summed E-state index contributed by atoms with van der Waals surface area (Å²) in [6, 6.07) is 15.7.